The molecule has 0 spiro atoms. The van der Waals surface area contributed by atoms with E-state index in [0.29, 0.717) is 10.9 Å². The maximum Gasteiger partial charge on any atom is 0.243 e. The van der Waals surface area contributed by atoms with Crippen LogP contribution in [-0.4, -0.2) is 31.2 Å². The Bertz CT molecular complexity index is 510. The zero-order valence-corrected chi connectivity index (χ0v) is 12.9. The molecule has 2 N–H and O–H groups in total. The van der Waals surface area contributed by atoms with Gasteiger partial charge in [0, 0.05) is 17.2 Å². The standard InChI is InChI=1S/C10H14BrClN2O3S/c1-2-3-8(15)6-14-18(16,17)9-4-7(11)5-13-10(9)12/h4-5,8,14-15H,2-3,6H2,1H3. The summed E-state index contributed by atoms with van der Waals surface area (Å²) >= 11 is 8.87. The topological polar surface area (TPSA) is 79.3 Å². The summed E-state index contributed by atoms with van der Waals surface area (Å²) < 4.78 is 26.7. The van der Waals surface area contributed by atoms with Crippen molar-refractivity contribution in [2.45, 2.75) is 30.8 Å². The Morgan fingerprint density at radius 2 is 2.28 bits per heavy atom. The Balaban J connectivity index is 2.83. The van der Waals surface area contributed by atoms with Crippen LogP contribution in [0.3, 0.4) is 0 Å². The number of sulfonamides is 1. The van der Waals surface area contributed by atoms with E-state index in [9.17, 15) is 13.5 Å². The zero-order valence-electron chi connectivity index (χ0n) is 9.73. The average molecular weight is 358 g/mol. The second-order valence-electron chi connectivity index (χ2n) is 3.74. The molecule has 102 valence electrons. The first kappa shape index (κ1) is 15.8. The summed E-state index contributed by atoms with van der Waals surface area (Å²) in [6.07, 6.45) is 2.02. The van der Waals surface area contributed by atoms with Crippen molar-refractivity contribution in [2.24, 2.45) is 0 Å². The van der Waals surface area contributed by atoms with Crippen LogP contribution in [0.15, 0.2) is 21.6 Å². The molecule has 0 aliphatic rings. The van der Waals surface area contributed by atoms with Crippen molar-refractivity contribution in [3.05, 3.63) is 21.9 Å². The van der Waals surface area contributed by atoms with Crippen LogP contribution in [0, 0.1) is 0 Å². The number of nitrogens with zero attached hydrogens (tertiary/aromatic N) is 1. The smallest absolute Gasteiger partial charge is 0.243 e. The Morgan fingerprint density at radius 1 is 1.61 bits per heavy atom. The normalized spacial score (nSPS) is 13.6. The molecule has 0 saturated carbocycles. The highest BCUT2D eigenvalue weighted by atomic mass is 79.9. The van der Waals surface area contributed by atoms with Crippen LogP contribution in [0.1, 0.15) is 19.8 Å². The summed E-state index contributed by atoms with van der Waals surface area (Å²) in [7, 11) is -3.76. The molecule has 0 aromatic carbocycles. The number of rotatable bonds is 6. The van der Waals surface area contributed by atoms with Crippen molar-refractivity contribution in [3.8, 4) is 0 Å². The van der Waals surface area contributed by atoms with Crippen molar-refractivity contribution in [2.75, 3.05) is 6.54 Å². The van der Waals surface area contributed by atoms with E-state index in [1.165, 1.54) is 12.3 Å². The molecule has 0 fully saturated rings. The van der Waals surface area contributed by atoms with Crippen LogP contribution >= 0.6 is 27.5 Å². The van der Waals surface area contributed by atoms with Crippen LogP contribution in [0.2, 0.25) is 5.15 Å². The van der Waals surface area contributed by atoms with Gasteiger partial charge < -0.3 is 5.11 Å². The SMILES string of the molecule is CCCC(O)CNS(=O)(=O)c1cc(Br)cnc1Cl. The largest absolute Gasteiger partial charge is 0.392 e. The van der Waals surface area contributed by atoms with Crippen molar-refractivity contribution < 1.29 is 13.5 Å². The zero-order chi connectivity index (χ0) is 13.8. The van der Waals surface area contributed by atoms with Crippen LogP contribution in [-0.2, 0) is 10.0 Å². The molecule has 8 heteroatoms. The number of hydrogen-bond donors (Lipinski definition) is 2. The van der Waals surface area contributed by atoms with Gasteiger partial charge in [0.1, 0.15) is 10.0 Å². The van der Waals surface area contributed by atoms with E-state index >= 15 is 0 Å². The average Bonchev–Trinajstić information content (AvgIpc) is 2.30. The van der Waals surface area contributed by atoms with E-state index in [1.54, 1.807) is 0 Å². The lowest BCUT2D eigenvalue weighted by molar-refractivity contribution is 0.167. The highest BCUT2D eigenvalue weighted by Gasteiger charge is 2.20. The Kier molecular flexibility index (Phi) is 6.00. The fourth-order valence-corrected chi connectivity index (χ4v) is 3.33. The third kappa shape index (κ3) is 4.47. The van der Waals surface area contributed by atoms with E-state index in [1.807, 2.05) is 6.92 Å². The molecule has 1 aromatic rings. The number of nitrogens with one attached hydrogen (secondary N) is 1. The first-order valence-corrected chi connectivity index (χ1v) is 8.01. The summed E-state index contributed by atoms with van der Waals surface area (Å²) in [5, 5.41) is 9.40. The highest BCUT2D eigenvalue weighted by molar-refractivity contribution is 9.10. The van der Waals surface area contributed by atoms with Gasteiger partial charge in [0.2, 0.25) is 10.0 Å². The van der Waals surface area contributed by atoms with E-state index in [2.05, 4.69) is 25.6 Å². The molecular formula is C10H14BrClN2O3S. The summed E-state index contributed by atoms with van der Waals surface area (Å²) in [4.78, 5) is 3.64. The molecule has 0 bridgehead atoms. The highest BCUT2D eigenvalue weighted by Crippen LogP contribution is 2.22. The van der Waals surface area contributed by atoms with Gasteiger partial charge in [-0.1, -0.05) is 24.9 Å². The molecule has 0 saturated heterocycles. The fraction of sp³-hybridized carbons (Fsp3) is 0.500. The minimum atomic E-state index is -3.76. The lowest BCUT2D eigenvalue weighted by atomic mass is 10.2. The van der Waals surface area contributed by atoms with Gasteiger partial charge in [-0.15, -0.1) is 0 Å². The van der Waals surface area contributed by atoms with E-state index < -0.39 is 16.1 Å². The first-order chi connectivity index (χ1) is 8.36. The molecule has 1 rings (SSSR count). The third-order valence-corrected chi connectivity index (χ3v) is 4.48. The number of hydrogen-bond acceptors (Lipinski definition) is 4. The minimum Gasteiger partial charge on any atom is -0.392 e. The predicted molar refractivity (Wildman–Crippen MR) is 73.1 cm³/mol. The maximum absolute atomic E-state index is 11.9. The molecule has 0 amide bonds. The molecule has 1 unspecified atom stereocenters. The van der Waals surface area contributed by atoms with Gasteiger partial charge >= 0.3 is 0 Å². The molecule has 1 aromatic heterocycles. The molecule has 1 atom stereocenters. The number of aliphatic hydroxyl groups excluding tert-OH is 1. The van der Waals surface area contributed by atoms with Crippen LogP contribution < -0.4 is 4.72 Å². The number of aliphatic hydroxyl groups is 1. The fourth-order valence-electron chi connectivity index (χ4n) is 1.31. The van der Waals surface area contributed by atoms with E-state index in [-0.39, 0.29) is 16.6 Å². The molecule has 0 aliphatic heterocycles. The summed E-state index contributed by atoms with van der Waals surface area (Å²) in [5.74, 6) is 0. The Hall–Kier alpha value is -0.210. The molecular weight excluding hydrogens is 344 g/mol. The molecule has 5 nitrogen and oxygen atoms in total. The van der Waals surface area contributed by atoms with E-state index in [0.717, 1.165) is 6.42 Å². The number of pyridine rings is 1. The number of halogens is 2. The van der Waals surface area contributed by atoms with Crippen LogP contribution in [0.25, 0.3) is 0 Å². The lowest BCUT2D eigenvalue weighted by Gasteiger charge is -2.12. The first-order valence-electron chi connectivity index (χ1n) is 5.35. The van der Waals surface area contributed by atoms with Crippen LogP contribution in [0.4, 0.5) is 0 Å². The molecule has 0 aliphatic carbocycles. The van der Waals surface area contributed by atoms with Gasteiger partial charge in [0.15, 0.2) is 0 Å². The van der Waals surface area contributed by atoms with Crippen molar-refractivity contribution in [1.29, 1.82) is 0 Å². The second kappa shape index (κ2) is 6.81. The Morgan fingerprint density at radius 3 is 2.89 bits per heavy atom. The van der Waals surface area contributed by atoms with Gasteiger partial charge in [-0.25, -0.2) is 18.1 Å². The van der Waals surface area contributed by atoms with Crippen molar-refractivity contribution in [1.82, 2.24) is 9.71 Å². The van der Waals surface area contributed by atoms with Gasteiger partial charge in [0.25, 0.3) is 0 Å². The second-order valence-corrected chi connectivity index (χ2v) is 6.75. The van der Waals surface area contributed by atoms with Gasteiger partial charge in [0.05, 0.1) is 6.10 Å². The van der Waals surface area contributed by atoms with Crippen molar-refractivity contribution in [3.63, 3.8) is 0 Å². The monoisotopic (exact) mass is 356 g/mol. The lowest BCUT2D eigenvalue weighted by Crippen LogP contribution is -2.32. The number of aromatic nitrogens is 1. The quantitative estimate of drug-likeness (QED) is 0.763. The van der Waals surface area contributed by atoms with Gasteiger partial charge in [-0.2, -0.15) is 0 Å². The Labute approximate surface area is 120 Å². The molecule has 0 radical (unpaired) electrons. The summed E-state index contributed by atoms with van der Waals surface area (Å²) in [6.45, 7) is 1.87. The minimum absolute atomic E-state index is 0.0426. The summed E-state index contributed by atoms with van der Waals surface area (Å²) in [5.41, 5.74) is 0. The van der Waals surface area contributed by atoms with Gasteiger partial charge in [-0.05, 0) is 28.4 Å². The van der Waals surface area contributed by atoms with Crippen LogP contribution in [0.5, 0.6) is 0 Å². The van der Waals surface area contributed by atoms with E-state index in [4.69, 9.17) is 11.6 Å². The molecule has 1 heterocycles. The predicted octanol–water partition coefficient (Wildman–Crippen LogP) is 1.94. The van der Waals surface area contributed by atoms with Gasteiger partial charge in [-0.3, -0.25) is 0 Å². The third-order valence-electron chi connectivity index (χ3n) is 2.19. The van der Waals surface area contributed by atoms with Crippen molar-refractivity contribution >= 4 is 37.6 Å². The maximum atomic E-state index is 11.9. The summed E-state index contributed by atoms with van der Waals surface area (Å²) in [6, 6.07) is 1.36. The molecule has 18 heavy (non-hydrogen) atoms.